The fraction of sp³-hybridized carbons (Fsp3) is 0.312. The number of nitrogens with one attached hydrogen (secondary N) is 1. The molecule has 3 aromatic heterocycles. The van der Waals surface area contributed by atoms with Gasteiger partial charge in [-0.15, -0.1) is 0 Å². The van der Waals surface area contributed by atoms with Crippen LogP contribution in [0.25, 0.3) is 22.3 Å². The topological polar surface area (TPSA) is 81.7 Å². The van der Waals surface area contributed by atoms with Gasteiger partial charge in [-0.1, -0.05) is 13.8 Å². The van der Waals surface area contributed by atoms with E-state index in [1.54, 1.807) is 6.20 Å². The van der Waals surface area contributed by atoms with Crippen molar-refractivity contribution in [3.63, 3.8) is 0 Å². The Balaban J connectivity index is 2.18. The lowest BCUT2D eigenvalue weighted by atomic mass is 10.1. The maximum Gasteiger partial charge on any atom is 0.220 e. The van der Waals surface area contributed by atoms with Gasteiger partial charge in [0.05, 0.1) is 11.1 Å². The average Bonchev–Trinajstić information content (AvgIpc) is 2.83. The molecule has 0 aliphatic carbocycles. The molecular weight excluding hydrogens is 276 g/mol. The van der Waals surface area contributed by atoms with Crippen LogP contribution < -0.4 is 11.1 Å². The van der Waals surface area contributed by atoms with Crippen molar-refractivity contribution in [2.24, 2.45) is 13.0 Å². The first-order chi connectivity index (χ1) is 10.6. The SMILES string of the molecule is CC(C)CNc1ccnc2c1c(-c1ccnc(N)n1)cn2C. The molecule has 0 atom stereocenters. The number of hydrogen-bond acceptors (Lipinski definition) is 5. The number of hydrogen-bond donors (Lipinski definition) is 2. The molecule has 0 amide bonds. The Hall–Kier alpha value is -2.63. The molecule has 0 aliphatic rings. The summed E-state index contributed by atoms with van der Waals surface area (Å²) in [6.45, 7) is 5.27. The van der Waals surface area contributed by atoms with Crippen LogP contribution >= 0.6 is 0 Å². The van der Waals surface area contributed by atoms with Crippen LogP contribution in [-0.4, -0.2) is 26.1 Å². The van der Waals surface area contributed by atoms with E-state index in [-0.39, 0.29) is 5.95 Å². The molecular formula is C16H20N6. The zero-order valence-electron chi connectivity index (χ0n) is 13.0. The van der Waals surface area contributed by atoms with Crippen molar-refractivity contribution in [2.75, 3.05) is 17.6 Å². The normalized spacial score (nSPS) is 11.3. The van der Waals surface area contributed by atoms with Gasteiger partial charge in [-0.3, -0.25) is 0 Å². The minimum absolute atomic E-state index is 0.273. The molecule has 3 heterocycles. The van der Waals surface area contributed by atoms with Crippen LogP contribution in [0, 0.1) is 5.92 Å². The number of anilines is 2. The Kier molecular flexibility index (Phi) is 3.66. The molecule has 3 rings (SSSR count). The van der Waals surface area contributed by atoms with Crippen LogP contribution in [0.15, 0.2) is 30.7 Å². The van der Waals surface area contributed by atoms with Crippen molar-refractivity contribution in [2.45, 2.75) is 13.8 Å². The van der Waals surface area contributed by atoms with Gasteiger partial charge in [0.25, 0.3) is 0 Å². The summed E-state index contributed by atoms with van der Waals surface area (Å²) < 4.78 is 2.00. The monoisotopic (exact) mass is 296 g/mol. The zero-order chi connectivity index (χ0) is 15.7. The first-order valence-electron chi connectivity index (χ1n) is 7.33. The molecule has 0 bridgehead atoms. The summed E-state index contributed by atoms with van der Waals surface area (Å²) >= 11 is 0. The first-order valence-corrected chi connectivity index (χ1v) is 7.33. The number of aryl methyl sites for hydroxylation is 1. The molecule has 3 N–H and O–H groups in total. The van der Waals surface area contributed by atoms with Gasteiger partial charge in [-0.25, -0.2) is 15.0 Å². The predicted octanol–water partition coefficient (Wildman–Crippen LogP) is 2.68. The quantitative estimate of drug-likeness (QED) is 0.773. The number of nitrogen functional groups attached to an aromatic ring is 1. The van der Waals surface area contributed by atoms with Gasteiger partial charge in [0.2, 0.25) is 5.95 Å². The van der Waals surface area contributed by atoms with Crippen molar-refractivity contribution in [1.82, 2.24) is 19.5 Å². The molecule has 6 heteroatoms. The van der Waals surface area contributed by atoms with E-state index >= 15 is 0 Å². The third-order valence-corrected chi connectivity index (χ3v) is 3.51. The van der Waals surface area contributed by atoms with Crippen molar-refractivity contribution < 1.29 is 0 Å². The van der Waals surface area contributed by atoms with E-state index < -0.39 is 0 Å². The number of nitrogens with two attached hydrogens (primary N) is 1. The fourth-order valence-electron chi connectivity index (χ4n) is 2.48. The summed E-state index contributed by atoms with van der Waals surface area (Å²) in [7, 11) is 1.98. The summed E-state index contributed by atoms with van der Waals surface area (Å²) in [5.74, 6) is 0.833. The van der Waals surface area contributed by atoms with E-state index in [0.717, 1.165) is 34.5 Å². The maximum atomic E-state index is 5.72. The highest BCUT2D eigenvalue weighted by Gasteiger charge is 2.15. The lowest BCUT2D eigenvalue weighted by Crippen LogP contribution is -2.08. The second kappa shape index (κ2) is 5.63. The van der Waals surface area contributed by atoms with E-state index in [9.17, 15) is 0 Å². The highest BCUT2D eigenvalue weighted by Crippen LogP contribution is 2.33. The van der Waals surface area contributed by atoms with Crippen molar-refractivity contribution in [3.05, 3.63) is 30.7 Å². The molecule has 0 aliphatic heterocycles. The van der Waals surface area contributed by atoms with Gasteiger partial charge >= 0.3 is 0 Å². The number of pyridine rings is 1. The van der Waals surface area contributed by atoms with E-state index in [1.165, 1.54) is 0 Å². The Morgan fingerprint density at radius 3 is 2.73 bits per heavy atom. The Morgan fingerprint density at radius 2 is 2.00 bits per heavy atom. The molecule has 22 heavy (non-hydrogen) atoms. The van der Waals surface area contributed by atoms with Gasteiger partial charge < -0.3 is 15.6 Å². The predicted molar refractivity (Wildman–Crippen MR) is 89.5 cm³/mol. The highest BCUT2D eigenvalue weighted by atomic mass is 15.0. The smallest absolute Gasteiger partial charge is 0.220 e. The summed E-state index contributed by atoms with van der Waals surface area (Å²) in [5, 5.41) is 4.56. The molecule has 0 fully saturated rings. The molecule has 6 nitrogen and oxygen atoms in total. The van der Waals surface area contributed by atoms with Gasteiger partial charge in [0.15, 0.2) is 0 Å². The largest absolute Gasteiger partial charge is 0.384 e. The summed E-state index contributed by atoms with van der Waals surface area (Å²) in [4.78, 5) is 12.8. The van der Waals surface area contributed by atoms with Crippen LogP contribution in [0.2, 0.25) is 0 Å². The van der Waals surface area contributed by atoms with E-state index in [1.807, 2.05) is 36.1 Å². The number of rotatable bonds is 4. The molecule has 0 unspecified atom stereocenters. The third kappa shape index (κ3) is 2.59. The van der Waals surface area contributed by atoms with Crippen molar-refractivity contribution in [3.8, 4) is 11.3 Å². The molecule has 3 aromatic rings. The lowest BCUT2D eigenvalue weighted by Gasteiger charge is -2.11. The molecule has 0 spiro atoms. The minimum atomic E-state index is 0.273. The zero-order valence-corrected chi connectivity index (χ0v) is 13.0. The Labute approximate surface area is 129 Å². The van der Waals surface area contributed by atoms with Crippen molar-refractivity contribution >= 4 is 22.7 Å². The van der Waals surface area contributed by atoms with Crippen LogP contribution in [0.3, 0.4) is 0 Å². The summed E-state index contributed by atoms with van der Waals surface area (Å²) in [6, 6.07) is 3.86. The van der Waals surface area contributed by atoms with Crippen LogP contribution in [0.1, 0.15) is 13.8 Å². The Morgan fingerprint density at radius 1 is 1.23 bits per heavy atom. The molecule has 0 saturated carbocycles. The average molecular weight is 296 g/mol. The standard InChI is InChI=1S/C16H20N6/c1-10(2)8-20-13-5-6-18-15-14(13)11(9-22(15)3)12-4-7-19-16(17)21-12/h4-7,9-10H,8H2,1-3H3,(H,18,20)(H2,17,19,21). The first kappa shape index (κ1) is 14.3. The van der Waals surface area contributed by atoms with Crippen LogP contribution in [0.4, 0.5) is 11.6 Å². The van der Waals surface area contributed by atoms with Crippen LogP contribution in [0.5, 0.6) is 0 Å². The second-order valence-corrected chi connectivity index (χ2v) is 5.79. The number of fused-ring (bicyclic) bond motifs is 1. The van der Waals surface area contributed by atoms with Gasteiger partial charge in [0, 0.05) is 43.4 Å². The second-order valence-electron chi connectivity index (χ2n) is 5.79. The Bertz CT molecular complexity index is 806. The van der Waals surface area contributed by atoms with Gasteiger partial charge in [-0.2, -0.15) is 0 Å². The van der Waals surface area contributed by atoms with E-state index in [0.29, 0.717) is 5.92 Å². The minimum Gasteiger partial charge on any atom is -0.384 e. The van der Waals surface area contributed by atoms with E-state index in [4.69, 9.17) is 5.73 Å². The molecule has 0 radical (unpaired) electrons. The molecule has 0 saturated heterocycles. The number of nitrogens with zero attached hydrogens (tertiary/aromatic N) is 4. The van der Waals surface area contributed by atoms with Gasteiger partial charge in [0.1, 0.15) is 5.65 Å². The highest BCUT2D eigenvalue weighted by molar-refractivity contribution is 6.02. The summed E-state index contributed by atoms with van der Waals surface area (Å²) in [6.07, 6.45) is 5.52. The van der Waals surface area contributed by atoms with Crippen molar-refractivity contribution in [1.29, 1.82) is 0 Å². The van der Waals surface area contributed by atoms with E-state index in [2.05, 4.69) is 34.1 Å². The van der Waals surface area contributed by atoms with Gasteiger partial charge in [-0.05, 0) is 18.1 Å². The maximum absolute atomic E-state index is 5.72. The van der Waals surface area contributed by atoms with Crippen LogP contribution in [-0.2, 0) is 7.05 Å². The lowest BCUT2D eigenvalue weighted by molar-refractivity contribution is 0.689. The molecule has 0 aromatic carbocycles. The molecule has 114 valence electrons. The fourth-order valence-corrected chi connectivity index (χ4v) is 2.48. The summed E-state index contributed by atoms with van der Waals surface area (Å²) in [5.41, 5.74) is 9.51. The third-order valence-electron chi connectivity index (χ3n) is 3.51. The number of aromatic nitrogens is 4.